The maximum Gasteiger partial charge on any atom is 0.431 e. The summed E-state index contributed by atoms with van der Waals surface area (Å²) < 4.78 is 35.6. The van der Waals surface area contributed by atoms with Crippen molar-refractivity contribution in [2.24, 2.45) is 10.7 Å². The normalized spacial score (nSPS) is 14.5. The molecule has 0 aromatic heterocycles. The van der Waals surface area contributed by atoms with Crippen LogP contribution in [0.2, 0.25) is 0 Å². The maximum absolute atomic E-state index is 11.9. The van der Waals surface area contributed by atoms with Crippen molar-refractivity contribution in [3.05, 3.63) is 11.3 Å². The zero-order valence-corrected chi connectivity index (χ0v) is 6.59. The minimum atomic E-state index is -4.85. The Morgan fingerprint density at radius 2 is 2.00 bits per heavy atom. The van der Waals surface area contributed by atoms with Crippen molar-refractivity contribution in [3.8, 4) is 0 Å². The molecule has 0 rings (SSSR count). The Morgan fingerprint density at radius 1 is 1.54 bits per heavy atom. The summed E-state index contributed by atoms with van der Waals surface area (Å²) >= 11 is 0. The van der Waals surface area contributed by atoms with Gasteiger partial charge < -0.3 is 10.8 Å². The number of halogens is 3. The Labute approximate surface area is 71.6 Å². The number of hydrogen-bond donors (Lipinski definition) is 2. The molecule has 0 heterocycles. The van der Waals surface area contributed by atoms with E-state index in [2.05, 4.69) is 10.7 Å². The van der Waals surface area contributed by atoms with Crippen molar-refractivity contribution < 1.29 is 23.1 Å². The molecule has 3 N–H and O–H groups in total. The van der Waals surface area contributed by atoms with Crippen molar-refractivity contribution in [1.29, 1.82) is 0 Å². The lowest BCUT2D eigenvalue weighted by atomic mass is 10.2. The highest BCUT2D eigenvalue weighted by Gasteiger charge is 2.35. The van der Waals surface area contributed by atoms with Gasteiger partial charge in [0, 0.05) is 13.3 Å². The second-order valence-electron chi connectivity index (χ2n) is 2.02. The molecule has 0 atom stereocenters. The molecule has 7 heteroatoms. The summed E-state index contributed by atoms with van der Waals surface area (Å²) in [6, 6.07) is 0. The Balaban J connectivity index is 5.22. The van der Waals surface area contributed by atoms with Crippen molar-refractivity contribution in [2.75, 3.05) is 7.05 Å². The number of hydrogen-bond acceptors (Lipinski definition) is 3. The van der Waals surface area contributed by atoms with E-state index in [0.29, 0.717) is 6.21 Å². The second kappa shape index (κ2) is 3.92. The number of aliphatic carboxylic acids is 1. The molecule has 0 amide bonds. The summed E-state index contributed by atoms with van der Waals surface area (Å²) in [4.78, 5) is 13.4. The molecule has 0 unspecified atom stereocenters. The summed E-state index contributed by atoms with van der Waals surface area (Å²) in [6.07, 6.45) is -4.31. The van der Waals surface area contributed by atoms with E-state index < -0.39 is 23.4 Å². The topological polar surface area (TPSA) is 75.7 Å². The zero-order valence-electron chi connectivity index (χ0n) is 6.59. The van der Waals surface area contributed by atoms with Crippen LogP contribution < -0.4 is 5.73 Å². The number of nitrogens with zero attached hydrogens (tertiary/aromatic N) is 1. The van der Waals surface area contributed by atoms with Gasteiger partial charge in [0.2, 0.25) is 0 Å². The lowest BCUT2D eigenvalue weighted by molar-refractivity contribution is -0.133. The van der Waals surface area contributed by atoms with E-state index in [-0.39, 0.29) is 0 Å². The first-order valence-corrected chi connectivity index (χ1v) is 3.03. The van der Waals surface area contributed by atoms with Crippen LogP contribution in [0.25, 0.3) is 0 Å². The van der Waals surface area contributed by atoms with Crippen LogP contribution >= 0.6 is 0 Å². The number of aliphatic imine (C=N–C) groups is 1. The van der Waals surface area contributed by atoms with E-state index in [1.165, 1.54) is 0 Å². The molecule has 74 valence electrons. The van der Waals surface area contributed by atoms with Crippen LogP contribution in [0.5, 0.6) is 0 Å². The van der Waals surface area contributed by atoms with Crippen LogP contribution in [-0.2, 0) is 4.79 Å². The molecule has 0 saturated carbocycles. The van der Waals surface area contributed by atoms with Gasteiger partial charge in [-0.05, 0) is 0 Å². The smallest absolute Gasteiger partial charge is 0.431 e. The monoisotopic (exact) mass is 196 g/mol. The number of alkyl halides is 3. The van der Waals surface area contributed by atoms with Crippen LogP contribution in [0.15, 0.2) is 16.3 Å². The summed E-state index contributed by atoms with van der Waals surface area (Å²) in [5, 5.41) is 8.31. The van der Waals surface area contributed by atoms with Crippen molar-refractivity contribution in [3.63, 3.8) is 0 Å². The number of rotatable bonds is 2. The highest BCUT2D eigenvalue weighted by Crippen LogP contribution is 2.23. The Kier molecular flexibility index (Phi) is 3.46. The standard InChI is InChI=1S/C6H7F3N2O2/c1-11-2-3(5(12)13)4(10)6(7,8)9/h2H,10H2,1H3,(H,12,13). The SMILES string of the molecule is CN=CC(C(=O)O)=C(N)C(F)(F)F. The van der Waals surface area contributed by atoms with Crippen molar-refractivity contribution >= 4 is 12.2 Å². The molecule has 13 heavy (non-hydrogen) atoms. The van der Waals surface area contributed by atoms with Gasteiger partial charge in [-0.25, -0.2) is 4.79 Å². The van der Waals surface area contributed by atoms with Crippen LogP contribution in [0.4, 0.5) is 13.2 Å². The molecule has 0 spiro atoms. The molecular formula is C6H7F3N2O2. The summed E-state index contributed by atoms with van der Waals surface area (Å²) in [6.45, 7) is 0. The summed E-state index contributed by atoms with van der Waals surface area (Å²) in [5.74, 6) is -1.76. The Hall–Kier alpha value is -1.53. The van der Waals surface area contributed by atoms with Gasteiger partial charge in [0.15, 0.2) is 0 Å². The number of carboxylic acids is 1. The lowest BCUT2D eigenvalue weighted by Crippen LogP contribution is -2.25. The first kappa shape index (κ1) is 11.5. The Morgan fingerprint density at radius 3 is 2.23 bits per heavy atom. The van der Waals surface area contributed by atoms with E-state index in [1.807, 2.05) is 0 Å². The van der Waals surface area contributed by atoms with Gasteiger partial charge in [0.1, 0.15) is 11.3 Å². The Bertz CT molecular complexity index is 268. The highest BCUT2D eigenvalue weighted by molar-refractivity contribution is 6.09. The van der Waals surface area contributed by atoms with Crippen molar-refractivity contribution in [2.45, 2.75) is 6.18 Å². The van der Waals surface area contributed by atoms with Crippen LogP contribution in [0.3, 0.4) is 0 Å². The van der Waals surface area contributed by atoms with E-state index in [9.17, 15) is 18.0 Å². The molecule has 4 nitrogen and oxygen atoms in total. The van der Waals surface area contributed by atoms with Crippen molar-refractivity contribution in [1.82, 2.24) is 0 Å². The molecule has 0 radical (unpaired) electrons. The average molecular weight is 196 g/mol. The molecule has 0 aliphatic rings. The molecule has 0 saturated heterocycles. The number of carboxylic acid groups (broad SMARTS) is 1. The second-order valence-corrected chi connectivity index (χ2v) is 2.02. The maximum atomic E-state index is 11.9. The minimum Gasteiger partial charge on any atom is -0.478 e. The third-order valence-electron chi connectivity index (χ3n) is 1.08. The van der Waals surface area contributed by atoms with Gasteiger partial charge in [0.25, 0.3) is 0 Å². The predicted molar refractivity (Wildman–Crippen MR) is 39.3 cm³/mol. The first-order valence-electron chi connectivity index (χ1n) is 3.03. The van der Waals surface area contributed by atoms with Gasteiger partial charge in [-0.15, -0.1) is 0 Å². The third kappa shape index (κ3) is 3.14. The predicted octanol–water partition coefficient (Wildman–Crippen LogP) is 0.547. The number of carbonyl (C=O) groups is 1. The third-order valence-corrected chi connectivity index (χ3v) is 1.08. The molecule has 0 bridgehead atoms. The molecule has 0 aromatic carbocycles. The molecule has 0 aromatic rings. The van der Waals surface area contributed by atoms with Gasteiger partial charge in [-0.2, -0.15) is 13.2 Å². The average Bonchev–Trinajstić information content (AvgIpc) is 1.96. The fourth-order valence-electron chi connectivity index (χ4n) is 0.522. The largest absolute Gasteiger partial charge is 0.478 e. The minimum absolute atomic E-state index is 0.547. The first-order chi connectivity index (χ1) is 5.80. The van der Waals surface area contributed by atoms with Gasteiger partial charge >= 0.3 is 12.1 Å². The van der Waals surface area contributed by atoms with Gasteiger partial charge in [0.05, 0.1) is 0 Å². The van der Waals surface area contributed by atoms with Crippen LogP contribution in [-0.4, -0.2) is 30.5 Å². The van der Waals surface area contributed by atoms with E-state index in [4.69, 9.17) is 5.11 Å². The molecule has 0 aliphatic heterocycles. The quantitative estimate of drug-likeness (QED) is 0.500. The fourth-order valence-corrected chi connectivity index (χ4v) is 0.522. The highest BCUT2D eigenvalue weighted by atomic mass is 19.4. The zero-order chi connectivity index (χ0) is 10.6. The lowest BCUT2D eigenvalue weighted by Gasteiger charge is -2.07. The fraction of sp³-hybridized carbons (Fsp3) is 0.333. The van der Waals surface area contributed by atoms with Gasteiger partial charge in [-0.3, -0.25) is 4.99 Å². The van der Waals surface area contributed by atoms with E-state index >= 15 is 0 Å². The van der Waals surface area contributed by atoms with Gasteiger partial charge in [-0.1, -0.05) is 0 Å². The molecule has 0 aliphatic carbocycles. The van der Waals surface area contributed by atoms with Crippen LogP contribution in [0.1, 0.15) is 0 Å². The van der Waals surface area contributed by atoms with E-state index in [0.717, 1.165) is 7.05 Å². The van der Waals surface area contributed by atoms with E-state index in [1.54, 1.807) is 0 Å². The number of nitrogens with two attached hydrogens (primary N) is 1. The van der Waals surface area contributed by atoms with Crippen LogP contribution in [0, 0.1) is 0 Å². The number of allylic oxidation sites excluding steroid dienone is 1. The molecule has 0 fully saturated rings. The molecular weight excluding hydrogens is 189 g/mol. The summed E-state index contributed by atoms with van der Waals surface area (Å²) in [5.41, 5.74) is 1.84. The summed E-state index contributed by atoms with van der Waals surface area (Å²) in [7, 11) is 1.15.